The number of fused-ring (bicyclic) bond motifs is 4. The average molecular weight is 374 g/mol. The van der Waals surface area contributed by atoms with Gasteiger partial charge < -0.3 is 10.1 Å². The van der Waals surface area contributed by atoms with Gasteiger partial charge in [0.2, 0.25) is 0 Å². The molecule has 3 aliphatic rings. The van der Waals surface area contributed by atoms with Gasteiger partial charge in [-0.2, -0.15) is 0 Å². The summed E-state index contributed by atoms with van der Waals surface area (Å²) in [6, 6.07) is 2.39. The predicted molar refractivity (Wildman–Crippen MR) is 94.4 cm³/mol. The molecule has 8 nitrogen and oxygen atoms in total. The van der Waals surface area contributed by atoms with Crippen LogP contribution in [-0.2, 0) is 6.42 Å². The van der Waals surface area contributed by atoms with Crippen LogP contribution >= 0.6 is 11.3 Å². The lowest BCUT2D eigenvalue weighted by Gasteiger charge is -2.19. The van der Waals surface area contributed by atoms with Crippen LogP contribution in [0.2, 0.25) is 0 Å². The summed E-state index contributed by atoms with van der Waals surface area (Å²) in [6.45, 7) is 0.0628. The highest BCUT2D eigenvalue weighted by Crippen LogP contribution is 2.43. The van der Waals surface area contributed by atoms with Crippen LogP contribution in [0.3, 0.4) is 0 Å². The maximum atomic E-state index is 13.4. The highest BCUT2D eigenvalue weighted by Gasteiger charge is 2.53. The first kappa shape index (κ1) is 15.7. The molecule has 3 heterocycles. The van der Waals surface area contributed by atoms with Crippen molar-refractivity contribution in [3.63, 3.8) is 0 Å². The fraction of sp³-hybridized carbons (Fsp3) is 0.500. The highest BCUT2D eigenvalue weighted by atomic mass is 32.1. The number of azide groups is 1. The summed E-state index contributed by atoms with van der Waals surface area (Å²) < 4.78 is 20.0. The van der Waals surface area contributed by atoms with E-state index in [1.54, 1.807) is 4.90 Å². The van der Waals surface area contributed by atoms with Crippen molar-refractivity contribution in [3.8, 4) is 5.75 Å². The van der Waals surface area contributed by atoms with Crippen molar-refractivity contribution in [2.75, 3.05) is 18.2 Å². The molecule has 2 aliphatic heterocycles. The monoisotopic (exact) mass is 374 g/mol. The predicted octanol–water partition coefficient (Wildman–Crippen LogP) is 3.17. The van der Waals surface area contributed by atoms with Gasteiger partial charge in [0.15, 0.2) is 5.13 Å². The number of carbonyl (C=O) groups excluding carboxylic acids is 1. The number of hydrogen-bond donors (Lipinski definition) is 1. The number of nitrogens with one attached hydrogen (secondary N) is 1. The molecule has 1 aliphatic carbocycles. The molecule has 0 spiro atoms. The number of urea groups is 1. The van der Waals surface area contributed by atoms with Gasteiger partial charge in [0.1, 0.15) is 5.75 Å². The van der Waals surface area contributed by atoms with Crippen LogP contribution in [0.5, 0.6) is 5.75 Å². The van der Waals surface area contributed by atoms with Crippen LogP contribution in [-0.4, -0.2) is 42.4 Å². The number of anilines is 1. The van der Waals surface area contributed by atoms with Gasteiger partial charge in [0, 0.05) is 16.9 Å². The average Bonchev–Trinajstić information content (AvgIpc) is 3.36. The minimum atomic E-state index is -0.578. The molecule has 134 valence electrons. The Balaban J connectivity index is 1.55. The summed E-state index contributed by atoms with van der Waals surface area (Å²) in [7, 11) is 0. The Bertz CT molecular complexity index is 958. The molecule has 1 saturated heterocycles. The van der Waals surface area contributed by atoms with Crippen molar-refractivity contribution in [3.05, 3.63) is 28.1 Å². The Morgan fingerprint density at radius 2 is 2.42 bits per heavy atom. The van der Waals surface area contributed by atoms with E-state index in [2.05, 4.69) is 15.3 Å². The minimum absolute atomic E-state index is 0.261. The standard InChI is InChI=1S/C16H15FN6O2S/c17-6-7-5-9-14(12(7)21-22-18)19-15(24)23(9)16-20-13-8-3-4-25-10(8)1-2-11(13)26-16/h1-2,7,9,12,14H,3-6H2,(H,19,24)/t7-,9-,12-,14-/m1/s1. The summed E-state index contributed by atoms with van der Waals surface area (Å²) in [4.78, 5) is 21.7. The van der Waals surface area contributed by atoms with Crippen molar-refractivity contribution in [1.29, 1.82) is 0 Å². The lowest BCUT2D eigenvalue weighted by atomic mass is 10.1. The van der Waals surface area contributed by atoms with Crippen LogP contribution in [0.15, 0.2) is 17.2 Å². The van der Waals surface area contributed by atoms with Crippen LogP contribution in [0.4, 0.5) is 14.3 Å². The molecular formula is C16H15FN6O2S. The summed E-state index contributed by atoms with van der Waals surface area (Å²) >= 11 is 1.44. The van der Waals surface area contributed by atoms with Crippen molar-refractivity contribution in [1.82, 2.24) is 10.3 Å². The first-order chi connectivity index (χ1) is 12.7. The number of amides is 2. The highest BCUT2D eigenvalue weighted by molar-refractivity contribution is 7.22. The molecule has 1 aromatic carbocycles. The molecule has 2 fully saturated rings. The van der Waals surface area contributed by atoms with Gasteiger partial charge in [0.25, 0.3) is 0 Å². The first-order valence-corrected chi connectivity index (χ1v) is 9.28. The minimum Gasteiger partial charge on any atom is -0.493 e. The number of hydrogen-bond acceptors (Lipinski definition) is 5. The fourth-order valence-electron chi connectivity index (χ4n) is 4.30. The Hall–Kier alpha value is -2.58. The Morgan fingerprint density at radius 3 is 3.23 bits per heavy atom. The van der Waals surface area contributed by atoms with Crippen molar-refractivity contribution >= 4 is 32.7 Å². The molecule has 4 atom stereocenters. The molecule has 1 N–H and O–H groups in total. The number of aromatic nitrogens is 1. The van der Waals surface area contributed by atoms with Crippen molar-refractivity contribution in [2.45, 2.75) is 31.0 Å². The van der Waals surface area contributed by atoms with E-state index >= 15 is 0 Å². The van der Waals surface area contributed by atoms with Gasteiger partial charge in [-0.05, 0) is 30.0 Å². The smallest absolute Gasteiger partial charge is 0.324 e. The van der Waals surface area contributed by atoms with E-state index in [0.717, 1.165) is 28.0 Å². The molecule has 26 heavy (non-hydrogen) atoms. The van der Waals surface area contributed by atoms with Crippen molar-refractivity contribution in [2.24, 2.45) is 11.0 Å². The molecule has 2 aromatic rings. The van der Waals surface area contributed by atoms with Crippen LogP contribution in [0.1, 0.15) is 12.0 Å². The topological polar surface area (TPSA) is 103 Å². The third-order valence-corrected chi connectivity index (χ3v) is 6.48. The molecule has 2 amide bonds. The third-order valence-electron chi connectivity index (χ3n) is 5.46. The number of alkyl halides is 1. The van der Waals surface area contributed by atoms with Crippen LogP contribution in [0, 0.1) is 5.92 Å². The van der Waals surface area contributed by atoms with E-state index < -0.39 is 18.6 Å². The van der Waals surface area contributed by atoms with Gasteiger partial charge >= 0.3 is 6.03 Å². The molecular weight excluding hydrogens is 359 g/mol. The van der Waals surface area contributed by atoms with Gasteiger partial charge in [-0.25, -0.2) is 9.78 Å². The second kappa shape index (κ2) is 5.72. The van der Waals surface area contributed by atoms with E-state index in [1.807, 2.05) is 12.1 Å². The summed E-state index contributed by atoms with van der Waals surface area (Å²) in [5.41, 5.74) is 10.7. The lowest BCUT2D eigenvalue weighted by molar-refractivity contribution is 0.246. The SMILES string of the molecule is [N-]=[N+]=N[C@@H]1[C@@H](CF)C[C@@H]2[C@H]1NC(=O)N2c1nc2c3c(ccc2s1)OCC3. The summed E-state index contributed by atoms with van der Waals surface area (Å²) in [6.07, 6.45) is 1.25. The molecule has 10 heteroatoms. The first-order valence-electron chi connectivity index (χ1n) is 8.46. The van der Waals surface area contributed by atoms with Gasteiger partial charge in [-0.15, -0.1) is 0 Å². The zero-order valence-corrected chi connectivity index (χ0v) is 14.4. The zero-order chi connectivity index (χ0) is 17.8. The second-order valence-electron chi connectivity index (χ2n) is 6.74. The number of carbonyl (C=O) groups is 1. The van der Waals surface area contributed by atoms with E-state index in [0.29, 0.717) is 18.2 Å². The van der Waals surface area contributed by atoms with E-state index in [4.69, 9.17) is 15.3 Å². The lowest BCUT2D eigenvalue weighted by Crippen LogP contribution is -2.37. The Morgan fingerprint density at radius 1 is 1.54 bits per heavy atom. The van der Waals surface area contributed by atoms with E-state index in [9.17, 15) is 9.18 Å². The Labute approximate surface area is 151 Å². The van der Waals surface area contributed by atoms with E-state index in [-0.39, 0.29) is 18.1 Å². The molecule has 1 saturated carbocycles. The van der Waals surface area contributed by atoms with Gasteiger partial charge in [-0.3, -0.25) is 9.29 Å². The maximum absolute atomic E-state index is 13.4. The third kappa shape index (κ3) is 2.09. The maximum Gasteiger partial charge on any atom is 0.324 e. The van der Waals surface area contributed by atoms with E-state index in [1.165, 1.54) is 11.3 Å². The number of benzene rings is 1. The number of rotatable bonds is 3. The van der Waals surface area contributed by atoms with Gasteiger partial charge in [0.05, 0.1) is 41.6 Å². The Kier molecular flexibility index (Phi) is 3.44. The van der Waals surface area contributed by atoms with Crippen LogP contribution in [0.25, 0.3) is 20.7 Å². The summed E-state index contributed by atoms with van der Waals surface area (Å²) in [5.74, 6) is 0.455. The second-order valence-corrected chi connectivity index (χ2v) is 7.75. The molecule has 1 aromatic heterocycles. The fourth-order valence-corrected chi connectivity index (χ4v) is 5.35. The number of thiazole rings is 1. The van der Waals surface area contributed by atoms with Crippen LogP contribution < -0.4 is 15.0 Å². The normalized spacial score (nSPS) is 29.3. The molecule has 0 unspecified atom stereocenters. The van der Waals surface area contributed by atoms with Crippen molar-refractivity contribution < 1.29 is 13.9 Å². The molecule has 5 rings (SSSR count). The molecule has 0 bridgehead atoms. The zero-order valence-electron chi connectivity index (χ0n) is 13.6. The molecule has 0 radical (unpaired) electrons. The largest absolute Gasteiger partial charge is 0.493 e. The quantitative estimate of drug-likeness (QED) is 0.507. The van der Waals surface area contributed by atoms with Gasteiger partial charge in [-0.1, -0.05) is 16.5 Å². The summed E-state index contributed by atoms with van der Waals surface area (Å²) in [5, 5.41) is 7.18. The number of halogens is 1. The number of ether oxygens (including phenoxy) is 1. The number of nitrogens with zero attached hydrogens (tertiary/aromatic N) is 5.